The third kappa shape index (κ3) is 4.31. The van der Waals surface area contributed by atoms with Crippen molar-refractivity contribution >= 4 is 29.5 Å². The van der Waals surface area contributed by atoms with Gasteiger partial charge in [-0.25, -0.2) is 4.79 Å². The summed E-state index contributed by atoms with van der Waals surface area (Å²) in [6.45, 7) is 2.30. The van der Waals surface area contributed by atoms with E-state index in [1.54, 1.807) is 31.0 Å². The number of rotatable bonds is 6. The molecule has 1 heterocycles. The molecule has 1 aromatic rings. The number of halogens is 1. The van der Waals surface area contributed by atoms with Crippen LogP contribution in [-0.2, 0) is 19.1 Å². The number of hydrogen-bond donors (Lipinski definition) is 0. The number of methoxy groups -OCH3 is 1. The highest BCUT2D eigenvalue weighted by molar-refractivity contribution is 6.33. The predicted octanol–water partition coefficient (Wildman–Crippen LogP) is 3.65. The molecule has 25 heavy (non-hydrogen) atoms. The summed E-state index contributed by atoms with van der Waals surface area (Å²) in [5.74, 6) is -0.0370. The van der Waals surface area contributed by atoms with Gasteiger partial charge in [-0.15, -0.1) is 0 Å². The van der Waals surface area contributed by atoms with E-state index in [2.05, 4.69) is 0 Å². The zero-order valence-electron chi connectivity index (χ0n) is 14.4. The molecule has 1 aromatic carbocycles. The van der Waals surface area contributed by atoms with E-state index in [0.717, 1.165) is 6.42 Å². The van der Waals surface area contributed by atoms with Gasteiger partial charge in [0.05, 0.1) is 30.0 Å². The number of allylic oxidation sites excluding steroid dienone is 2. The molecule has 0 saturated carbocycles. The Balaban J connectivity index is 2.54. The van der Waals surface area contributed by atoms with Crippen molar-refractivity contribution in [3.05, 3.63) is 64.0 Å². The molecule has 0 amide bonds. The van der Waals surface area contributed by atoms with Gasteiger partial charge in [-0.1, -0.05) is 23.7 Å². The molecule has 0 unspecified atom stereocenters. The number of anilines is 1. The Bertz CT molecular complexity index is 764. The van der Waals surface area contributed by atoms with Crippen molar-refractivity contribution in [3.63, 3.8) is 0 Å². The lowest BCUT2D eigenvalue weighted by molar-refractivity contribution is -0.136. The third-order valence-electron chi connectivity index (χ3n) is 3.91. The lowest BCUT2D eigenvalue weighted by Gasteiger charge is -2.24. The maximum absolute atomic E-state index is 12.3. The topological polar surface area (TPSA) is 55.8 Å². The number of nitrogens with zero attached hydrogens (tertiary/aromatic N) is 1. The molecule has 0 saturated heterocycles. The smallest absolute Gasteiger partial charge is 0.340 e. The van der Waals surface area contributed by atoms with Crippen LogP contribution in [0.25, 0.3) is 0 Å². The second kappa shape index (κ2) is 8.53. The molecule has 0 aliphatic carbocycles. The van der Waals surface area contributed by atoms with Crippen LogP contribution in [0.4, 0.5) is 5.69 Å². The number of esters is 1. The largest absolute Gasteiger partial charge is 0.494 e. The summed E-state index contributed by atoms with van der Waals surface area (Å²) >= 11 is 6.24. The molecular weight excluding hydrogens is 342 g/mol. The summed E-state index contributed by atoms with van der Waals surface area (Å²) < 4.78 is 10.3. The summed E-state index contributed by atoms with van der Waals surface area (Å²) in [5, 5.41) is 0.534. The van der Waals surface area contributed by atoms with Crippen LogP contribution in [0.1, 0.15) is 13.3 Å². The van der Waals surface area contributed by atoms with E-state index in [-0.39, 0.29) is 11.1 Å². The molecule has 132 valence electrons. The van der Waals surface area contributed by atoms with Gasteiger partial charge in [0.1, 0.15) is 5.76 Å². The van der Waals surface area contributed by atoms with Crippen LogP contribution >= 0.6 is 11.6 Å². The minimum Gasteiger partial charge on any atom is -0.494 e. The number of benzene rings is 1. The molecule has 2 rings (SSSR count). The number of carbonyl (C=O) groups is 2. The number of aldehydes is 1. The first-order valence-corrected chi connectivity index (χ1v) is 8.15. The second-order valence-electron chi connectivity index (χ2n) is 5.42. The van der Waals surface area contributed by atoms with Crippen molar-refractivity contribution in [3.8, 4) is 0 Å². The summed E-state index contributed by atoms with van der Waals surface area (Å²) in [6, 6.07) is 7.25. The number of ether oxygens (including phenoxy) is 2. The molecule has 5 nitrogen and oxygen atoms in total. The number of carbonyl (C=O) groups excluding carboxylic acids is 2. The maximum atomic E-state index is 12.3. The van der Waals surface area contributed by atoms with E-state index in [1.165, 1.54) is 7.11 Å². The van der Waals surface area contributed by atoms with Gasteiger partial charge in [-0.05, 0) is 31.2 Å². The average molecular weight is 362 g/mol. The Hall–Kier alpha value is -2.53. The normalized spacial score (nSPS) is 15.0. The molecule has 1 aliphatic heterocycles. The fourth-order valence-electron chi connectivity index (χ4n) is 2.50. The van der Waals surface area contributed by atoms with Crippen molar-refractivity contribution in [2.45, 2.75) is 13.3 Å². The van der Waals surface area contributed by atoms with Crippen LogP contribution in [0.5, 0.6) is 0 Å². The SMILES string of the molecule is COC(=O)C(/C(C=O)=C/C1=CCCO1)=C(\C)N(C)c1ccccc1Cl. The third-order valence-corrected chi connectivity index (χ3v) is 4.23. The fourth-order valence-corrected chi connectivity index (χ4v) is 2.77. The van der Waals surface area contributed by atoms with Gasteiger partial charge in [0, 0.05) is 24.7 Å². The van der Waals surface area contributed by atoms with Gasteiger partial charge in [0.2, 0.25) is 0 Å². The standard InChI is InChI=1S/C19H20ClNO4/c1-13(21(2)17-9-5-4-8-16(17)20)18(19(23)24-3)14(12-22)11-15-7-6-10-25-15/h4-5,7-9,11-12H,6,10H2,1-3H3/b14-11+,18-13+. The monoisotopic (exact) mass is 361 g/mol. The minimum atomic E-state index is -0.603. The molecular formula is C19H20ClNO4. The Morgan fingerprint density at radius 2 is 2.08 bits per heavy atom. The Kier molecular flexibility index (Phi) is 6.42. The molecule has 0 N–H and O–H groups in total. The molecule has 0 atom stereocenters. The van der Waals surface area contributed by atoms with Crippen LogP contribution in [0.3, 0.4) is 0 Å². The van der Waals surface area contributed by atoms with Gasteiger partial charge in [0.15, 0.2) is 6.29 Å². The maximum Gasteiger partial charge on any atom is 0.340 e. The molecule has 0 spiro atoms. The van der Waals surface area contributed by atoms with Crippen LogP contribution in [-0.4, -0.2) is 33.0 Å². The highest BCUT2D eigenvalue weighted by Crippen LogP contribution is 2.29. The minimum absolute atomic E-state index is 0.163. The molecule has 6 heteroatoms. The van der Waals surface area contributed by atoms with Crippen molar-refractivity contribution < 1.29 is 19.1 Å². The van der Waals surface area contributed by atoms with E-state index in [0.29, 0.717) is 35.1 Å². The summed E-state index contributed by atoms with van der Waals surface area (Å²) in [5.41, 5.74) is 1.61. The quantitative estimate of drug-likeness (QED) is 0.335. The zero-order valence-corrected chi connectivity index (χ0v) is 15.2. The predicted molar refractivity (Wildman–Crippen MR) is 97.4 cm³/mol. The molecule has 0 radical (unpaired) electrons. The first kappa shape index (κ1) is 18.8. The molecule has 0 bridgehead atoms. The van der Waals surface area contributed by atoms with Crippen LogP contribution in [0.15, 0.2) is 59.0 Å². The van der Waals surface area contributed by atoms with Gasteiger partial charge in [-0.3, -0.25) is 4.79 Å². The lowest BCUT2D eigenvalue weighted by atomic mass is 10.0. The Labute approximate surface area is 152 Å². The number of hydrogen-bond acceptors (Lipinski definition) is 5. The van der Waals surface area contributed by atoms with Crippen molar-refractivity contribution in [1.29, 1.82) is 0 Å². The molecule has 1 aliphatic rings. The van der Waals surface area contributed by atoms with Gasteiger partial charge in [0.25, 0.3) is 0 Å². The van der Waals surface area contributed by atoms with Gasteiger partial charge in [-0.2, -0.15) is 0 Å². The van der Waals surface area contributed by atoms with Gasteiger partial charge < -0.3 is 14.4 Å². The Morgan fingerprint density at radius 3 is 2.64 bits per heavy atom. The van der Waals surface area contributed by atoms with Gasteiger partial charge >= 0.3 is 5.97 Å². The number of para-hydroxylation sites is 1. The van der Waals surface area contributed by atoms with E-state index in [4.69, 9.17) is 21.1 Å². The van der Waals surface area contributed by atoms with E-state index in [1.807, 2.05) is 24.3 Å². The highest BCUT2D eigenvalue weighted by Gasteiger charge is 2.22. The lowest BCUT2D eigenvalue weighted by Crippen LogP contribution is -2.21. The van der Waals surface area contributed by atoms with Crippen molar-refractivity contribution in [2.75, 3.05) is 25.7 Å². The highest BCUT2D eigenvalue weighted by atomic mass is 35.5. The zero-order chi connectivity index (χ0) is 18.4. The van der Waals surface area contributed by atoms with Crippen LogP contribution < -0.4 is 4.90 Å². The van der Waals surface area contributed by atoms with Crippen LogP contribution in [0, 0.1) is 0 Å². The van der Waals surface area contributed by atoms with Crippen molar-refractivity contribution in [2.24, 2.45) is 0 Å². The first-order valence-electron chi connectivity index (χ1n) is 7.77. The average Bonchev–Trinajstić information content (AvgIpc) is 3.13. The second-order valence-corrected chi connectivity index (χ2v) is 5.83. The molecule has 0 fully saturated rings. The summed E-state index contributed by atoms with van der Waals surface area (Å²) in [7, 11) is 3.05. The van der Waals surface area contributed by atoms with Crippen molar-refractivity contribution in [1.82, 2.24) is 0 Å². The fraction of sp³-hybridized carbons (Fsp3) is 0.263. The Morgan fingerprint density at radius 1 is 1.36 bits per heavy atom. The van der Waals surface area contributed by atoms with E-state index in [9.17, 15) is 9.59 Å². The van der Waals surface area contributed by atoms with E-state index < -0.39 is 5.97 Å². The van der Waals surface area contributed by atoms with E-state index >= 15 is 0 Å². The van der Waals surface area contributed by atoms with Crippen LogP contribution in [0.2, 0.25) is 5.02 Å². The summed E-state index contributed by atoms with van der Waals surface area (Å²) in [4.78, 5) is 25.7. The molecule has 0 aromatic heterocycles. The summed E-state index contributed by atoms with van der Waals surface area (Å²) in [6.07, 6.45) is 4.81. The first-order chi connectivity index (χ1) is 12.0.